The number of carbonyl (C=O) groups excluding carboxylic acids is 1. The average molecular weight is 197 g/mol. The number of piperidine rings is 1. The fourth-order valence-corrected chi connectivity index (χ4v) is 2.58. The molecule has 2 aliphatic heterocycles. The number of amides is 2. The highest BCUT2D eigenvalue weighted by Gasteiger charge is 2.47. The molecule has 1 spiro atoms. The summed E-state index contributed by atoms with van der Waals surface area (Å²) in [6.07, 6.45) is 2.18. The molecule has 0 saturated carbocycles. The minimum atomic E-state index is 0.123. The summed E-state index contributed by atoms with van der Waals surface area (Å²) < 4.78 is 0. The molecule has 0 unspecified atom stereocenters. The van der Waals surface area contributed by atoms with Gasteiger partial charge in [0.05, 0.1) is 5.54 Å². The van der Waals surface area contributed by atoms with E-state index in [1.807, 2.05) is 23.8 Å². The Hall–Kier alpha value is -0.770. The van der Waals surface area contributed by atoms with E-state index in [1.54, 1.807) is 0 Å². The highest BCUT2D eigenvalue weighted by atomic mass is 16.2. The Morgan fingerprint density at radius 2 is 2.07 bits per heavy atom. The zero-order valence-corrected chi connectivity index (χ0v) is 9.05. The van der Waals surface area contributed by atoms with E-state index >= 15 is 0 Å². The van der Waals surface area contributed by atoms with Crippen LogP contribution in [0.5, 0.6) is 0 Å². The van der Waals surface area contributed by atoms with Crippen LogP contribution in [0, 0.1) is 0 Å². The molecular formula is C10H19N3O. The molecule has 0 radical (unpaired) electrons. The Balaban J connectivity index is 2.16. The average Bonchev–Trinajstić information content (AvgIpc) is 2.45. The molecule has 0 aromatic carbocycles. The predicted octanol–water partition coefficient (Wildman–Crippen LogP) is 0.496. The molecule has 4 heteroatoms. The zero-order chi connectivity index (χ0) is 10.2. The third-order valence-electron chi connectivity index (χ3n) is 3.67. The molecule has 14 heavy (non-hydrogen) atoms. The molecule has 2 heterocycles. The molecule has 2 rings (SSSR count). The molecule has 80 valence electrons. The molecule has 2 amide bonds. The van der Waals surface area contributed by atoms with Crippen LogP contribution in [0.1, 0.15) is 19.8 Å². The fourth-order valence-electron chi connectivity index (χ4n) is 2.58. The first-order valence-electron chi connectivity index (χ1n) is 5.43. The Morgan fingerprint density at radius 3 is 2.57 bits per heavy atom. The highest BCUT2D eigenvalue weighted by Crippen LogP contribution is 2.32. The molecule has 2 aliphatic rings. The van der Waals surface area contributed by atoms with Crippen molar-refractivity contribution in [2.24, 2.45) is 0 Å². The number of nitrogens with one attached hydrogen (secondary N) is 1. The van der Waals surface area contributed by atoms with Gasteiger partial charge < -0.3 is 15.1 Å². The van der Waals surface area contributed by atoms with Crippen molar-refractivity contribution < 1.29 is 4.79 Å². The third-order valence-corrected chi connectivity index (χ3v) is 3.67. The molecule has 0 aliphatic carbocycles. The van der Waals surface area contributed by atoms with Gasteiger partial charge in [0.15, 0.2) is 0 Å². The maximum absolute atomic E-state index is 11.8. The fraction of sp³-hybridized carbons (Fsp3) is 0.900. The van der Waals surface area contributed by atoms with Crippen LogP contribution in [0.15, 0.2) is 0 Å². The van der Waals surface area contributed by atoms with Crippen LogP contribution in [0.3, 0.4) is 0 Å². The summed E-state index contributed by atoms with van der Waals surface area (Å²) in [5, 5.41) is 3.35. The van der Waals surface area contributed by atoms with Crippen molar-refractivity contribution in [3.8, 4) is 0 Å². The van der Waals surface area contributed by atoms with E-state index in [9.17, 15) is 4.79 Å². The summed E-state index contributed by atoms with van der Waals surface area (Å²) in [5.41, 5.74) is 0.123. The number of urea groups is 1. The maximum Gasteiger partial charge on any atom is 0.320 e. The number of likely N-dealkylation sites (N-methyl/N-ethyl adjacent to an activating group) is 2. The second kappa shape index (κ2) is 3.42. The van der Waals surface area contributed by atoms with E-state index in [2.05, 4.69) is 5.32 Å². The smallest absolute Gasteiger partial charge is 0.320 e. The Labute approximate surface area is 85.2 Å². The number of carbonyl (C=O) groups is 1. The van der Waals surface area contributed by atoms with E-state index in [4.69, 9.17) is 0 Å². The maximum atomic E-state index is 11.8. The van der Waals surface area contributed by atoms with Gasteiger partial charge in [-0.25, -0.2) is 4.79 Å². The summed E-state index contributed by atoms with van der Waals surface area (Å²) >= 11 is 0. The van der Waals surface area contributed by atoms with Gasteiger partial charge in [0.1, 0.15) is 0 Å². The number of hydrogen-bond acceptors (Lipinski definition) is 2. The van der Waals surface area contributed by atoms with E-state index < -0.39 is 0 Å². The van der Waals surface area contributed by atoms with Crippen LogP contribution in [-0.4, -0.2) is 54.6 Å². The normalized spacial score (nSPS) is 26.3. The van der Waals surface area contributed by atoms with Crippen LogP contribution in [0.25, 0.3) is 0 Å². The number of nitrogens with zero attached hydrogens (tertiary/aromatic N) is 2. The van der Waals surface area contributed by atoms with Crippen molar-refractivity contribution in [3.05, 3.63) is 0 Å². The zero-order valence-electron chi connectivity index (χ0n) is 9.05. The van der Waals surface area contributed by atoms with Gasteiger partial charge in [0.25, 0.3) is 0 Å². The molecule has 0 atom stereocenters. The van der Waals surface area contributed by atoms with Gasteiger partial charge in [-0.05, 0) is 32.9 Å². The van der Waals surface area contributed by atoms with Gasteiger partial charge in [-0.3, -0.25) is 0 Å². The standard InChI is InChI=1S/C10H19N3O/c1-3-13-8-10(12(2)9(13)14)4-6-11-7-5-10/h11H,3-8H2,1-2H3. The third kappa shape index (κ3) is 1.29. The minimum Gasteiger partial charge on any atom is -0.323 e. The van der Waals surface area contributed by atoms with Crippen molar-refractivity contribution in [1.82, 2.24) is 15.1 Å². The second-order valence-corrected chi connectivity index (χ2v) is 4.33. The van der Waals surface area contributed by atoms with Crippen molar-refractivity contribution in [1.29, 1.82) is 0 Å². The van der Waals surface area contributed by atoms with Crippen LogP contribution in [0.2, 0.25) is 0 Å². The van der Waals surface area contributed by atoms with Crippen LogP contribution in [-0.2, 0) is 0 Å². The van der Waals surface area contributed by atoms with E-state index in [0.29, 0.717) is 0 Å². The number of hydrogen-bond donors (Lipinski definition) is 1. The highest BCUT2D eigenvalue weighted by molar-refractivity contribution is 5.77. The van der Waals surface area contributed by atoms with Crippen LogP contribution < -0.4 is 5.32 Å². The number of rotatable bonds is 1. The summed E-state index contributed by atoms with van der Waals surface area (Å²) in [6, 6.07) is 0.203. The van der Waals surface area contributed by atoms with Gasteiger partial charge in [-0.2, -0.15) is 0 Å². The summed E-state index contributed by atoms with van der Waals surface area (Å²) in [7, 11) is 1.95. The molecule has 2 fully saturated rings. The molecule has 0 bridgehead atoms. The van der Waals surface area contributed by atoms with Gasteiger partial charge in [0.2, 0.25) is 0 Å². The first kappa shape index (κ1) is 9.77. The molecule has 2 saturated heterocycles. The van der Waals surface area contributed by atoms with Crippen molar-refractivity contribution >= 4 is 6.03 Å². The largest absolute Gasteiger partial charge is 0.323 e. The lowest BCUT2D eigenvalue weighted by Gasteiger charge is -2.38. The quantitative estimate of drug-likeness (QED) is 0.664. The molecular weight excluding hydrogens is 178 g/mol. The van der Waals surface area contributed by atoms with Gasteiger partial charge >= 0.3 is 6.03 Å². The lowest BCUT2D eigenvalue weighted by Crippen LogP contribution is -2.51. The van der Waals surface area contributed by atoms with Gasteiger partial charge in [0, 0.05) is 20.1 Å². The van der Waals surface area contributed by atoms with Crippen LogP contribution in [0.4, 0.5) is 4.79 Å². The Kier molecular flexibility index (Phi) is 2.39. The van der Waals surface area contributed by atoms with E-state index in [-0.39, 0.29) is 11.6 Å². The summed E-state index contributed by atoms with van der Waals surface area (Å²) in [4.78, 5) is 15.7. The predicted molar refractivity (Wildman–Crippen MR) is 55.2 cm³/mol. The Morgan fingerprint density at radius 1 is 1.43 bits per heavy atom. The van der Waals surface area contributed by atoms with Gasteiger partial charge in [-0.15, -0.1) is 0 Å². The van der Waals surface area contributed by atoms with E-state index in [1.165, 1.54) is 0 Å². The molecule has 0 aromatic rings. The molecule has 4 nitrogen and oxygen atoms in total. The molecule has 0 aromatic heterocycles. The van der Waals surface area contributed by atoms with Crippen molar-refractivity contribution in [2.45, 2.75) is 25.3 Å². The first-order valence-corrected chi connectivity index (χ1v) is 5.43. The summed E-state index contributed by atoms with van der Waals surface area (Å²) in [5.74, 6) is 0. The minimum absolute atomic E-state index is 0.123. The topological polar surface area (TPSA) is 35.6 Å². The van der Waals surface area contributed by atoms with Crippen molar-refractivity contribution in [2.75, 3.05) is 33.2 Å². The summed E-state index contributed by atoms with van der Waals surface area (Å²) in [6.45, 7) is 5.87. The monoisotopic (exact) mass is 197 g/mol. The second-order valence-electron chi connectivity index (χ2n) is 4.33. The SMILES string of the molecule is CCN1CC2(CCNCC2)N(C)C1=O. The van der Waals surface area contributed by atoms with Crippen LogP contribution >= 0.6 is 0 Å². The Bertz CT molecular complexity index is 236. The van der Waals surface area contributed by atoms with Crippen molar-refractivity contribution in [3.63, 3.8) is 0 Å². The van der Waals surface area contributed by atoms with E-state index in [0.717, 1.165) is 39.0 Å². The lowest BCUT2D eigenvalue weighted by atomic mass is 9.88. The first-order chi connectivity index (χ1) is 6.69. The van der Waals surface area contributed by atoms with Gasteiger partial charge in [-0.1, -0.05) is 0 Å². The lowest BCUT2D eigenvalue weighted by molar-refractivity contribution is 0.148. The molecule has 1 N–H and O–H groups in total.